The van der Waals surface area contributed by atoms with E-state index in [1.807, 2.05) is 0 Å². The second-order valence-electron chi connectivity index (χ2n) is 8.24. The summed E-state index contributed by atoms with van der Waals surface area (Å²) >= 11 is 5.95. The molecule has 2 aliphatic heterocycles. The number of nitrogens with one attached hydrogen (secondary N) is 1. The van der Waals surface area contributed by atoms with E-state index in [4.69, 9.17) is 11.6 Å². The molecular weight excluding hydrogens is 382 g/mol. The van der Waals surface area contributed by atoms with Gasteiger partial charge in [-0.2, -0.15) is 0 Å². The van der Waals surface area contributed by atoms with Gasteiger partial charge < -0.3 is 10.2 Å². The van der Waals surface area contributed by atoms with E-state index in [1.165, 1.54) is 42.5 Å². The van der Waals surface area contributed by atoms with Gasteiger partial charge in [0.25, 0.3) is 5.91 Å². The zero-order chi connectivity index (χ0) is 20.2. The van der Waals surface area contributed by atoms with Crippen LogP contribution < -0.4 is 10.2 Å². The van der Waals surface area contributed by atoms with Crippen molar-refractivity contribution in [3.63, 3.8) is 0 Å². The molecule has 4 rings (SSSR count). The van der Waals surface area contributed by atoms with E-state index < -0.39 is 0 Å². The molecule has 1 fully saturated rings. The van der Waals surface area contributed by atoms with Gasteiger partial charge in [-0.15, -0.1) is 0 Å². The number of anilines is 1. The van der Waals surface area contributed by atoms with Crippen LogP contribution >= 0.6 is 11.6 Å². The number of likely N-dealkylation sites (tertiary alicyclic amines) is 1. The average Bonchev–Trinajstić information content (AvgIpc) is 2.75. The van der Waals surface area contributed by atoms with Gasteiger partial charge in [-0.1, -0.05) is 30.2 Å². The lowest BCUT2D eigenvalue weighted by Crippen LogP contribution is -2.40. The Morgan fingerprint density at radius 2 is 1.79 bits per heavy atom. The van der Waals surface area contributed by atoms with Crippen LogP contribution in [0, 0.1) is 0 Å². The number of aryl methyl sites for hydroxylation is 1. The van der Waals surface area contributed by atoms with Crippen LogP contribution in [-0.4, -0.2) is 44.0 Å². The van der Waals surface area contributed by atoms with Gasteiger partial charge in [0.2, 0.25) is 0 Å². The normalized spacial score (nSPS) is 18.2. The first-order valence-corrected chi connectivity index (χ1v) is 11.1. The summed E-state index contributed by atoms with van der Waals surface area (Å²) in [5.74, 6) is -0.0404. The first kappa shape index (κ1) is 20.2. The maximum atomic E-state index is 12.7. The van der Waals surface area contributed by atoms with Crippen LogP contribution in [0.15, 0.2) is 42.5 Å². The minimum atomic E-state index is -0.0404. The minimum absolute atomic E-state index is 0.0404. The number of carbonyl (C=O) groups excluding carboxylic acids is 1. The summed E-state index contributed by atoms with van der Waals surface area (Å²) in [5, 5.41) is 3.81. The van der Waals surface area contributed by atoms with Crippen LogP contribution in [0.4, 0.5) is 5.69 Å². The summed E-state index contributed by atoms with van der Waals surface area (Å²) in [5.41, 5.74) is 4.75. The van der Waals surface area contributed by atoms with Gasteiger partial charge in [0.05, 0.1) is 6.04 Å². The molecule has 4 nitrogen and oxygen atoms in total. The van der Waals surface area contributed by atoms with E-state index in [0.29, 0.717) is 17.1 Å². The van der Waals surface area contributed by atoms with Gasteiger partial charge in [-0.25, -0.2) is 0 Å². The van der Waals surface area contributed by atoms with E-state index in [2.05, 4.69) is 40.4 Å². The first-order valence-electron chi connectivity index (χ1n) is 10.7. The lowest BCUT2D eigenvalue weighted by molar-refractivity contribution is 0.0924. The fourth-order valence-corrected chi connectivity index (χ4v) is 4.72. The van der Waals surface area contributed by atoms with Crippen LogP contribution in [-0.2, 0) is 6.42 Å². The van der Waals surface area contributed by atoms with Crippen molar-refractivity contribution in [2.24, 2.45) is 0 Å². The van der Waals surface area contributed by atoms with Crippen molar-refractivity contribution in [3.8, 4) is 0 Å². The van der Waals surface area contributed by atoms with Gasteiger partial charge in [-0.05, 0) is 80.2 Å². The van der Waals surface area contributed by atoms with Crippen molar-refractivity contribution in [2.45, 2.75) is 38.1 Å². The molecule has 0 saturated carbocycles. The fraction of sp³-hybridized carbons (Fsp3) is 0.458. The number of hydrogen-bond acceptors (Lipinski definition) is 3. The number of amides is 1. The van der Waals surface area contributed by atoms with Crippen molar-refractivity contribution in [1.82, 2.24) is 10.2 Å². The Morgan fingerprint density at radius 1 is 1.03 bits per heavy atom. The highest BCUT2D eigenvalue weighted by Gasteiger charge is 2.25. The molecule has 1 N–H and O–H groups in total. The molecule has 0 spiro atoms. The summed E-state index contributed by atoms with van der Waals surface area (Å²) in [6.07, 6.45) is 6.10. The van der Waals surface area contributed by atoms with Gasteiger partial charge >= 0.3 is 0 Å². The number of piperidine rings is 1. The number of halogens is 1. The smallest absolute Gasteiger partial charge is 0.251 e. The predicted octanol–water partition coefficient (Wildman–Crippen LogP) is 4.68. The lowest BCUT2D eigenvalue weighted by atomic mass is 9.95. The lowest BCUT2D eigenvalue weighted by Gasteiger charge is -2.36. The van der Waals surface area contributed by atoms with E-state index in [-0.39, 0.29) is 11.9 Å². The number of nitrogens with zero attached hydrogens (tertiary/aromatic N) is 2. The maximum absolute atomic E-state index is 12.7. The van der Waals surface area contributed by atoms with Gasteiger partial charge in [0.15, 0.2) is 0 Å². The van der Waals surface area contributed by atoms with Crippen molar-refractivity contribution in [1.29, 1.82) is 0 Å². The molecule has 2 heterocycles. The van der Waals surface area contributed by atoms with E-state index >= 15 is 0 Å². The monoisotopic (exact) mass is 411 g/mol. The largest absolute Gasteiger partial charge is 0.374 e. The predicted molar refractivity (Wildman–Crippen MR) is 120 cm³/mol. The second-order valence-corrected chi connectivity index (χ2v) is 8.68. The molecule has 1 unspecified atom stereocenters. The number of fused-ring (bicyclic) bond motifs is 1. The van der Waals surface area contributed by atoms with Gasteiger partial charge in [0, 0.05) is 36.4 Å². The first-order chi connectivity index (χ1) is 14.1. The van der Waals surface area contributed by atoms with Crippen LogP contribution in [0.1, 0.15) is 53.2 Å². The molecule has 2 aliphatic rings. The highest BCUT2D eigenvalue weighted by Crippen LogP contribution is 2.31. The highest BCUT2D eigenvalue weighted by molar-refractivity contribution is 6.30. The molecule has 0 aromatic heterocycles. The fourth-order valence-electron chi connectivity index (χ4n) is 4.59. The van der Waals surface area contributed by atoms with Gasteiger partial charge in [-0.3, -0.25) is 9.69 Å². The van der Waals surface area contributed by atoms with Crippen LogP contribution in [0.25, 0.3) is 0 Å². The van der Waals surface area contributed by atoms with Crippen LogP contribution in [0.2, 0.25) is 5.02 Å². The summed E-state index contributed by atoms with van der Waals surface area (Å²) in [4.78, 5) is 17.6. The SMILES string of the molecule is CN1CCCc2cc(C(CNC(=O)c3ccc(Cl)cc3)N3CCCCC3)ccc21. The molecule has 1 atom stereocenters. The van der Waals surface area contributed by atoms with Crippen LogP contribution in [0.3, 0.4) is 0 Å². The molecule has 1 saturated heterocycles. The van der Waals surface area contributed by atoms with Crippen molar-refractivity contribution in [3.05, 3.63) is 64.2 Å². The number of carbonyl (C=O) groups is 1. The molecule has 154 valence electrons. The standard InChI is InChI=1S/C24H30ClN3O/c1-27-13-5-6-19-16-20(9-12-22(19)27)23(28-14-3-2-4-15-28)17-26-24(29)18-7-10-21(25)11-8-18/h7-12,16,23H,2-6,13-15,17H2,1H3,(H,26,29). The van der Waals surface area contributed by atoms with Crippen molar-refractivity contribution < 1.29 is 4.79 Å². The third-order valence-corrected chi connectivity index (χ3v) is 6.48. The Kier molecular flexibility index (Phi) is 6.41. The highest BCUT2D eigenvalue weighted by atomic mass is 35.5. The number of hydrogen-bond donors (Lipinski definition) is 1. The van der Waals surface area contributed by atoms with E-state index in [9.17, 15) is 4.79 Å². The zero-order valence-corrected chi connectivity index (χ0v) is 17.9. The minimum Gasteiger partial charge on any atom is -0.374 e. The topological polar surface area (TPSA) is 35.6 Å². The molecule has 2 aromatic carbocycles. The van der Waals surface area contributed by atoms with E-state index in [0.717, 1.165) is 26.1 Å². The van der Waals surface area contributed by atoms with Crippen LogP contribution in [0.5, 0.6) is 0 Å². The Hall–Kier alpha value is -2.04. The third-order valence-electron chi connectivity index (χ3n) is 6.23. The quantitative estimate of drug-likeness (QED) is 0.775. The third kappa shape index (κ3) is 4.76. The Balaban J connectivity index is 1.53. The number of rotatable bonds is 5. The van der Waals surface area contributed by atoms with Crippen molar-refractivity contribution in [2.75, 3.05) is 38.1 Å². The Labute approximate surface area is 178 Å². The average molecular weight is 412 g/mol. The van der Waals surface area contributed by atoms with E-state index in [1.54, 1.807) is 24.3 Å². The molecule has 2 aromatic rings. The molecular formula is C24H30ClN3O. The zero-order valence-electron chi connectivity index (χ0n) is 17.2. The maximum Gasteiger partial charge on any atom is 0.251 e. The Bertz CT molecular complexity index is 846. The van der Waals surface area contributed by atoms with Gasteiger partial charge in [0.1, 0.15) is 0 Å². The molecule has 0 bridgehead atoms. The molecule has 29 heavy (non-hydrogen) atoms. The molecule has 5 heteroatoms. The molecule has 0 radical (unpaired) electrons. The second kappa shape index (κ2) is 9.19. The summed E-state index contributed by atoms with van der Waals surface area (Å²) in [6.45, 7) is 3.94. The van der Waals surface area contributed by atoms with Crippen molar-refractivity contribution >= 4 is 23.2 Å². The number of benzene rings is 2. The molecule has 1 amide bonds. The Morgan fingerprint density at radius 3 is 2.55 bits per heavy atom. The summed E-state index contributed by atoms with van der Waals surface area (Å²) in [6, 6.07) is 14.2. The molecule has 0 aliphatic carbocycles. The summed E-state index contributed by atoms with van der Waals surface area (Å²) in [7, 11) is 2.17. The summed E-state index contributed by atoms with van der Waals surface area (Å²) < 4.78 is 0.